The molecule has 1 aliphatic carbocycles. The zero-order chi connectivity index (χ0) is 21.3. The van der Waals surface area contributed by atoms with Gasteiger partial charge in [0.05, 0.1) is 5.02 Å². The van der Waals surface area contributed by atoms with E-state index in [0.717, 1.165) is 18.4 Å². The first-order chi connectivity index (χ1) is 14.4. The van der Waals surface area contributed by atoms with Gasteiger partial charge in [-0.1, -0.05) is 53.5 Å². The van der Waals surface area contributed by atoms with Crippen LogP contribution in [0.5, 0.6) is 0 Å². The molecule has 0 spiro atoms. The minimum Gasteiger partial charge on any atom is -0.352 e. The molecular weight excluding hydrogens is 445 g/mol. The minimum absolute atomic E-state index is 0.0104. The highest BCUT2D eigenvalue weighted by atomic mass is 35.5. The average Bonchev–Trinajstić information content (AvgIpc) is 3.55. The first-order valence-electron chi connectivity index (χ1n) is 9.91. The summed E-state index contributed by atoms with van der Waals surface area (Å²) < 4.78 is 27.6. The maximum Gasteiger partial charge on any atom is 0.244 e. The van der Waals surface area contributed by atoms with Crippen LogP contribution in [0.25, 0.3) is 0 Å². The molecule has 2 aromatic carbocycles. The number of hydrogen-bond donors (Lipinski definition) is 1. The number of amides is 1. The molecule has 2 aliphatic rings. The van der Waals surface area contributed by atoms with E-state index in [9.17, 15) is 13.2 Å². The van der Waals surface area contributed by atoms with Gasteiger partial charge in [-0.3, -0.25) is 9.69 Å². The standard InChI is InChI=1S/C21H23Cl2N3O3S/c22-16-6-9-18(23)19(14-16)30(28,29)26-12-10-25(11-13-26)20(15-4-2-1-3-5-15)21(27)24-17-7-8-17/h1-6,9,14,17,20H,7-8,10-13H2,(H,24,27)/t20-/m0/s1. The summed E-state index contributed by atoms with van der Waals surface area (Å²) in [5.74, 6) is -0.0297. The van der Waals surface area contributed by atoms with Crippen LogP contribution in [0.15, 0.2) is 53.4 Å². The first-order valence-corrected chi connectivity index (χ1v) is 12.1. The highest BCUT2D eigenvalue weighted by molar-refractivity contribution is 7.89. The molecular formula is C21H23Cl2N3O3S. The van der Waals surface area contributed by atoms with Gasteiger partial charge in [0, 0.05) is 37.2 Å². The Hall–Kier alpha value is -1.64. The fourth-order valence-corrected chi connectivity index (χ4v) is 5.85. The van der Waals surface area contributed by atoms with Gasteiger partial charge >= 0.3 is 0 Å². The van der Waals surface area contributed by atoms with E-state index in [1.807, 2.05) is 35.2 Å². The Morgan fingerprint density at radius 2 is 1.67 bits per heavy atom. The quantitative estimate of drug-likeness (QED) is 0.707. The second kappa shape index (κ2) is 8.85. The number of halogens is 2. The first kappa shape index (κ1) is 21.6. The highest BCUT2D eigenvalue weighted by Crippen LogP contribution is 2.30. The summed E-state index contributed by atoms with van der Waals surface area (Å²) in [6.45, 7) is 1.42. The van der Waals surface area contributed by atoms with Crippen molar-refractivity contribution >= 4 is 39.1 Å². The predicted octanol–water partition coefficient (Wildman–Crippen LogP) is 3.32. The van der Waals surface area contributed by atoms with Crippen LogP contribution in [0.3, 0.4) is 0 Å². The van der Waals surface area contributed by atoms with Crippen molar-refractivity contribution in [1.29, 1.82) is 0 Å². The number of carbonyl (C=O) groups excluding carboxylic acids is 1. The molecule has 0 aromatic heterocycles. The lowest BCUT2D eigenvalue weighted by Crippen LogP contribution is -2.52. The molecule has 4 rings (SSSR count). The molecule has 1 saturated carbocycles. The van der Waals surface area contributed by atoms with Crippen molar-refractivity contribution < 1.29 is 13.2 Å². The lowest BCUT2D eigenvalue weighted by atomic mass is 10.0. The number of nitrogens with zero attached hydrogens (tertiary/aromatic N) is 2. The number of rotatable bonds is 6. The monoisotopic (exact) mass is 467 g/mol. The third-order valence-electron chi connectivity index (χ3n) is 5.44. The van der Waals surface area contributed by atoms with E-state index in [2.05, 4.69) is 5.32 Å². The van der Waals surface area contributed by atoms with Crippen molar-refractivity contribution in [2.45, 2.75) is 29.8 Å². The van der Waals surface area contributed by atoms with E-state index in [-0.39, 0.29) is 35.0 Å². The summed E-state index contributed by atoms with van der Waals surface area (Å²) in [5.41, 5.74) is 0.907. The summed E-state index contributed by atoms with van der Waals surface area (Å²) in [5, 5.41) is 3.55. The van der Waals surface area contributed by atoms with Gasteiger partial charge in [0.25, 0.3) is 0 Å². The lowest BCUT2D eigenvalue weighted by Gasteiger charge is -2.38. The van der Waals surface area contributed by atoms with Crippen LogP contribution in [-0.4, -0.2) is 55.8 Å². The third-order valence-corrected chi connectivity index (χ3v) is 8.05. The third kappa shape index (κ3) is 4.65. The smallest absolute Gasteiger partial charge is 0.244 e. The lowest BCUT2D eigenvalue weighted by molar-refractivity contribution is -0.127. The summed E-state index contributed by atoms with van der Waals surface area (Å²) >= 11 is 12.1. The fraction of sp³-hybridized carbons (Fsp3) is 0.381. The maximum atomic E-state index is 13.1. The summed E-state index contributed by atoms with van der Waals surface area (Å²) in [4.78, 5) is 15.0. The Balaban J connectivity index is 1.51. The van der Waals surface area contributed by atoms with Crippen LogP contribution < -0.4 is 5.32 Å². The molecule has 2 fully saturated rings. The van der Waals surface area contributed by atoms with Crippen molar-refractivity contribution in [2.75, 3.05) is 26.2 Å². The molecule has 1 N–H and O–H groups in total. The summed E-state index contributed by atoms with van der Waals surface area (Å²) in [6, 6.07) is 13.9. The van der Waals surface area contributed by atoms with Crippen LogP contribution in [0, 0.1) is 0 Å². The Kier molecular flexibility index (Phi) is 6.36. The number of piperazine rings is 1. The van der Waals surface area contributed by atoms with Gasteiger partial charge in [-0.25, -0.2) is 8.42 Å². The number of sulfonamides is 1. The molecule has 1 atom stereocenters. The molecule has 160 valence electrons. The molecule has 30 heavy (non-hydrogen) atoms. The molecule has 1 amide bonds. The zero-order valence-corrected chi connectivity index (χ0v) is 18.6. The van der Waals surface area contributed by atoms with Gasteiger partial charge in [0.15, 0.2) is 0 Å². The van der Waals surface area contributed by atoms with E-state index in [1.54, 1.807) is 6.07 Å². The van der Waals surface area contributed by atoms with Crippen molar-refractivity contribution in [3.8, 4) is 0 Å². The van der Waals surface area contributed by atoms with Gasteiger partial charge in [0.2, 0.25) is 15.9 Å². The molecule has 6 nitrogen and oxygen atoms in total. The van der Waals surface area contributed by atoms with Crippen molar-refractivity contribution in [2.24, 2.45) is 0 Å². The summed E-state index contributed by atoms with van der Waals surface area (Å²) in [6.07, 6.45) is 2.03. The molecule has 9 heteroatoms. The van der Waals surface area contributed by atoms with Gasteiger partial charge < -0.3 is 5.32 Å². The van der Waals surface area contributed by atoms with Gasteiger partial charge in [-0.05, 0) is 36.6 Å². The topological polar surface area (TPSA) is 69.7 Å². The van der Waals surface area contributed by atoms with Crippen LogP contribution >= 0.6 is 23.2 Å². The number of benzene rings is 2. The molecule has 0 bridgehead atoms. The van der Waals surface area contributed by atoms with Crippen molar-refractivity contribution in [3.05, 3.63) is 64.1 Å². The number of nitrogens with one attached hydrogen (secondary N) is 1. The largest absolute Gasteiger partial charge is 0.352 e. The Morgan fingerprint density at radius 3 is 2.30 bits per heavy atom. The molecule has 0 unspecified atom stereocenters. The molecule has 1 aliphatic heterocycles. The van der Waals surface area contributed by atoms with Gasteiger partial charge in [0.1, 0.15) is 10.9 Å². The van der Waals surface area contributed by atoms with Crippen molar-refractivity contribution in [3.63, 3.8) is 0 Å². The van der Waals surface area contributed by atoms with Gasteiger partial charge in [-0.2, -0.15) is 4.31 Å². The maximum absolute atomic E-state index is 13.1. The summed E-state index contributed by atoms with van der Waals surface area (Å²) in [7, 11) is -3.77. The van der Waals surface area contributed by atoms with Crippen LogP contribution in [0.2, 0.25) is 10.0 Å². The van der Waals surface area contributed by atoms with E-state index in [1.165, 1.54) is 16.4 Å². The molecule has 1 saturated heterocycles. The van der Waals surface area contributed by atoms with E-state index >= 15 is 0 Å². The normalized spacial score (nSPS) is 19.4. The van der Waals surface area contributed by atoms with Crippen LogP contribution in [0.4, 0.5) is 0 Å². The Morgan fingerprint density at radius 1 is 1.00 bits per heavy atom. The molecule has 2 aromatic rings. The number of carbonyl (C=O) groups is 1. The van der Waals surface area contributed by atoms with E-state index < -0.39 is 16.1 Å². The van der Waals surface area contributed by atoms with Crippen LogP contribution in [-0.2, 0) is 14.8 Å². The van der Waals surface area contributed by atoms with Crippen molar-refractivity contribution in [1.82, 2.24) is 14.5 Å². The molecule has 0 radical (unpaired) electrons. The van der Waals surface area contributed by atoms with Gasteiger partial charge in [-0.15, -0.1) is 0 Å². The van der Waals surface area contributed by atoms with Crippen LogP contribution in [0.1, 0.15) is 24.4 Å². The number of hydrogen-bond acceptors (Lipinski definition) is 4. The predicted molar refractivity (Wildman–Crippen MR) is 117 cm³/mol. The van der Waals surface area contributed by atoms with E-state index in [4.69, 9.17) is 23.2 Å². The van der Waals surface area contributed by atoms with E-state index in [0.29, 0.717) is 18.1 Å². The fourth-order valence-electron chi connectivity index (χ4n) is 3.69. The Bertz CT molecular complexity index is 1020. The highest BCUT2D eigenvalue weighted by Gasteiger charge is 2.36. The SMILES string of the molecule is O=C(NC1CC1)[C@H](c1ccccc1)N1CCN(S(=O)(=O)c2cc(Cl)ccc2Cl)CC1. The second-order valence-electron chi connectivity index (χ2n) is 7.61. The second-order valence-corrected chi connectivity index (χ2v) is 10.4. The minimum atomic E-state index is -3.77. The Labute approximate surface area is 186 Å². The average molecular weight is 468 g/mol. The zero-order valence-electron chi connectivity index (χ0n) is 16.3. The molecule has 1 heterocycles.